The summed E-state index contributed by atoms with van der Waals surface area (Å²) >= 11 is 3.38. The van der Waals surface area contributed by atoms with E-state index in [1.807, 2.05) is 53.4 Å². The fraction of sp³-hybridized carbons (Fsp3) is 0.0526. The number of ketones is 1. The predicted molar refractivity (Wildman–Crippen MR) is 94.5 cm³/mol. The molecule has 2 aromatic heterocycles. The molecule has 0 radical (unpaired) electrons. The Kier molecular flexibility index (Phi) is 4.83. The number of carbonyl (C=O) groups excluding carboxylic acids is 1. The van der Waals surface area contributed by atoms with Crippen molar-refractivity contribution in [2.75, 3.05) is 0 Å². The molecule has 0 amide bonds. The average molecular weight is 446 g/mol. The number of hydrogen-bond acceptors (Lipinski definition) is 1. The first-order valence-corrected chi connectivity index (χ1v) is 8.18. The van der Waals surface area contributed by atoms with Gasteiger partial charge in [0.1, 0.15) is 5.52 Å². The average Bonchev–Trinajstić information content (AvgIpc) is 2.93. The second-order valence-electron chi connectivity index (χ2n) is 5.55. The molecule has 24 heavy (non-hydrogen) atoms. The van der Waals surface area contributed by atoms with Crippen molar-refractivity contribution in [3.8, 4) is 0 Å². The molecule has 0 saturated carbocycles. The van der Waals surface area contributed by atoms with Crippen molar-refractivity contribution < 1.29 is 26.3 Å². The van der Waals surface area contributed by atoms with Gasteiger partial charge in [-0.2, -0.15) is 4.57 Å². The Hall–Kier alpha value is -1.98. The van der Waals surface area contributed by atoms with Crippen LogP contribution in [-0.4, -0.2) is 10.8 Å². The van der Waals surface area contributed by atoms with Gasteiger partial charge >= 0.3 is 0 Å². The number of nitrogens with zero attached hydrogens (tertiary/aromatic N) is 1. The number of fused-ring (bicyclic) bond motifs is 3. The van der Waals surface area contributed by atoms with Crippen LogP contribution in [0.2, 0.25) is 0 Å². The minimum absolute atomic E-state index is 0. The molecule has 0 aliphatic heterocycles. The van der Waals surface area contributed by atoms with Crippen molar-refractivity contribution in [2.24, 2.45) is 0 Å². The molecule has 0 unspecified atom stereocenters. The van der Waals surface area contributed by atoms with Crippen LogP contribution in [0.25, 0.3) is 21.8 Å². The Morgan fingerprint density at radius 1 is 0.958 bits per heavy atom. The van der Waals surface area contributed by atoms with Crippen LogP contribution >= 0.6 is 15.9 Å². The minimum atomic E-state index is 0. The van der Waals surface area contributed by atoms with Gasteiger partial charge in [-0.3, -0.25) is 4.79 Å². The van der Waals surface area contributed by atoms with Gasteiger partial charge in [-0.15, -0.1) is 0 Å². The number of benzene rings is 2. The number of H-pyrrole nitrogens is 1. The summed E-state index contributed by atoms with van der Waals surface area (Å²) in [6.07, 6.45) is 3.95. The minimum Gasteiger partial charge on any atom is -1.00 e. The van der Waals surface area contributed by atoms with Gasteiger partial charge in [0.15, 0.2) is 12.4 Å². The van der Waals surface area contributed by atoms with Gasteiger partial charge in [0, 0.05) is 32.4 Å². The maximum absolute atomic E-state index is 12.4. The van der Waals surface area contributed by atoms with E-state index >= 15 is 0 Å². The lowest BCUT2D eigenvalue weighted by Gasteiger charge is -1.99. The molecule has 0 aliphatic carbocycles. The van der Waals surface area contributed by atoms with E-state index in [1.54, 1.807) is 0 Å². The van der Waals surface area contributed by atoms with Crippen molar-refractivity contribution in [1.29, 1.82) is 0 Å². The summed E-state index contributed by atoms with van der Waals surface area (Å²) in [5, 5.41) is 2.38. The van der Waals surface area contributed by atoms with Gasteiger partial charge in [-0.25, -0.2) is 0 Å². The van der Waals surface area contributed by atoms with Crippen LogP contribution in [0.5, 0.6) is 0 Å². The fourth-order valence-electron chi connectivity index (χ4n) is 2.84. The number of pyridine rings is 1. The topological polar surface area (TPSA) is 36.7 Å². The van der Waals surface area contributed by atoms with Crippen molar-refractivity contribution in [3.63, 3.8) is 0 Å². The molecule has 4 aromatic rings. The van der Waals surface area contributed by atoms with Crippen molar-refractivity contribution >= 4 is 43.5 Å². The molecule has 2 aromatic carbocycles. The molecule has 0 aliphatic rings. The van der Waals surface area contributed by atoms with E-state index in [-0.39, 0.29) is 22.8 Å². The quantitative estimate of drug-likeness (QED) is 0.374. The van der Waals surface area contributed by atoms with Crippen LogP contribution in [0.4, 0.5) is 0 Å². The second-order valence-corrected chi connectivity index (χ2v) is 6.46. The Balaban J connectivity index is 0.00000169. The van der Waals surface area contributed by atoms with Crippen LogP contribution in [0.3, 0.4) is 0 Å². The van der Waals surface area contributed by atoms with E-state index in [1.165, 1.54) is 10.8 Å². The predicted octanol–water partition coefficient (Wildman–Crippen LogP) is 1.26. The number of rotatable bonds is 3. The zero-order chi connectivity index (χ0) is 15.8. The summed E-state index contributed by atoms with van der Waals surface area (Å²) in [7, 11) is 0. The van der Waals surface area contributed by atoms with Gasteiger partial charge in [-0.05, 0) is 18.2 Å². The molecule has 5 heteroatoms. The van der Waals surface area contributed by atoms with Gasteiger partial charge < -0.3 is 22.0 Å². The standard InChI is InChI=1S/C19H13BrN2O.BrH/c20-14-7-5-13(6-8-14)19(23)12-22-10-9-16-15-3-1-2-4-17(15)21-18(16)11-22;/h1-11H,12H2;1H. The van der Waals surface area contributed by atoms with Crippen molar-refractivity contribution in [2.45, 2.75) is 6.54 Å². The number of aromatic nitrogens is 2. The third kappa shape index (κ3) is 3.14. The van der Waals surface area contributed by atoms with Crippen LogP contribution in [0.1, 0.15) is 10.4 Å². The first-order chi connectivity index (χ1) is 11.2. The summed E-state index contributed by atoms with van der Waals surface area (Å²) in [6, 6.07) is 17.7. The van der Waals surface area contributed by atoms with E-state index in [9.17, 15) is 4.79 Å². The van der Waals surface area contributed by atoms with Gasteiger partial charge in [0.2, 0.25) is 12.3 Å². The van der Waals surface area contributed by atoms with Crippen LogP contribution in [-0.2, 0) is 6.54 Å². The third-order valence-corrected chi connectivity index (χ3v) is 4.53. The molecule has 0 spiro atoms. The molecule has 0 atom stereocenters. The molecule has 120 valence electrons. The van der Waals surface area contributed by atoms with Crippen molar-refractivity contribution in [1.82, 2.24) is 4.98 Å². The first kappa shape index (κ1) is 16.9. The monoisotopic (exact) mass is 444 g/mol. The SMILES string of the molecule is O=C(C[n+]1ccc2c(c1)[nH]c1ccccc12)c1ccc(Br)cc1.[Br-]. The number of aromatic amines is 1. The van der Waals surface area contributed by atoms with Crippen LogP contribution in [0, 0.1) is 0 Å². The highest BCUT2D eigenvalue weighted by Crippen LogP contribution is 2.23. The molecule has 2 heterocycles. The maximum atomic E-state index is 12.4. The number of para-hydroxylation sites is 1. The van der Waals surface area contributed by atoms with E-state index < -0.39 is 0 Å². The molecule has 3 nitrogen and oxygen atoms in total. The zero-order valence-electron chi connectivity index (χ0n) is 12.7. The molecule has 1 N–H and O–H groups in total. The molecule has 4 rings (SSSR count). The molecular formula is C19H14Br2N2O. The normalized spacial score (nSPS) is 10.7. The van der Waals surface area contributed by atoms with Gasteiger partial charge in [-0.1, -0.05) is 46.3 Å². The van der Waals surface area contributed by atoms with Gasteiger partial charge in [0.25, 0.3) is 0 Å². The highest BCUT2D eigenvalue weighted by Gasteiger charge is 2.14. The van der Waals surface area contributed by atoms with Crippen LogP contribution < -0.4 is 21.5 Å². The number of Topliss-reactive ketones (excluding diaryl/α,β-unsaturated/α-hetero) is 1. The smallest absolute Gasteiger partial charge is 0.227 e. The third-order valence-electron chi connectivity index (χ3n) is 4.00. The first-order valence-electron chi connectivity index (χ1n) is 7.39. The van der Waals surface area contributed by atoms with Crippen LogP contribution in [0.15, 0.2) is 71.5 Å². The number of nitrogens with one attached hydrogen (secondary N) is 1. The fourth-order valence-corrected chi connectivity index (χ4v) is 3.10. The molecular weight excluding hydrogens is 432 g/mol. The Morgan fingerprint density at radius 2 is 1.67 bits per heavy atom. The lowest BCUT2D eigenvalue weighted by molar-refractivity contribution is -0.681. The zero-order valence-corrected chi connectivity index (χ0v) is 15.8. The molecule has 0 fully saturated rings. The van der Waals surface area contributed by atoms with Gasteiger partial charge in [0.05, 0.1) is 0 Å². The molecule has 0 saturated heterocycles. The second kappa shape index (κ2) is 6.87. The number of halogens is 2. The summed E-state index contributed by atoms with van der Waals surface area (Å²) in [4.78, 5) is 15.8. The summed E-state index contributed by atoms with van der Waals surface area (Å²) in [5.41, 5.74) is 2.87. The summed E-state index contributed by atoms with van der Waals surface area (Å²) in [6.45, 7) is 0.326. The Labute approximate surface area is 158 Å². The number of hydrogen-bond donors (Lipinski definition) is 1. The Morgan fingerprint density at radius 3 is 2.46 bits per heavy atom. The number of carbonyl (C=O) groups is 1. The van der Waals surface area contributed by atoms with E-state index in [4.69, 9.17) is 0 Å². The highest BCUT2D eigenvalue weighted by molar-refractivity contribution is 9.10. The largest absolute Gasteiger partial charge is 1.00 e. The van der Waals surface area contributed by atoms with E-state index in [0.717, 1.165) is 21.1 Å². The molecule has 0 bridgehead atoms. The highest BCUT2D eigenvalue weighted by atomic mass is 79.9. The maximum Gasteiger partial charge on any atom is 0.227 e. The van der Waals surface area contributed by atoms with E-state index in [2.05, 4.69) is 39.1 Å². The lowest BCUT2D eigenvalue weighted by atomic mass is 10.1. The summed E-state index contributed by atoms with van der Waals surface area (Å²) < 4.78 is 2.89. The van der Waals surface area contributed by atoms with Crippen molar-refractivity contribution in [3.05, 3.63) is 77.0 Å². The summed E-state index contributed by atoms with van der Waals surface area (Å²) in [5.74, 6) is 0.0953. The Bertz CT molecular complexity index is 1020. The lowest BCUT2D eigenvalue weighted by Crippen LogP contribution is -3.00. The van der Waals surface area contributed by atoms with E-state index in [0.29, 0.717) is 6.54 Å².